The van der Waals surface area contributed by atoms with Crippen molar-refractivity contribution in [1.29, 1.82) is 0 Å². The number of carbonyl (C=O) groups excluding carboxylic acids is 1. The number of benzene rings is 1. The van der Waals surface area contributed by atoms with Crippen LogP contribution in [0.2, 0.25) is 5.02 Å². The lowest BCUT2D eigenvalue weighted by Gasteiger charge is -2.22. The lowest BCUT2D eigenvalue weighted by molar-refractivity contribution is -0.155. The molecule has 1 aliphatic rings. The number of nitrogens with one attached hydrogen (secondary N) is 1. The number of carbonyl (C=O) groups is 2. The minimum atomic E-state index is -1.73. The number of carboxylic acid groups (broad SMARTS) is 1. The van der Waals surface area contributed by atoms with E-state index in [2.05, 4.69) is 5.32 Å². The zero-order chi connectivity index (χ0) is 11.8. The number of rotatable bonds is 2. The summed E-state index contributed by atoms with van der Waals surface area (Å²) >= 11 is 5.90. The summed E-state index contributed by atoms with van der Waals surface area (Å²) in [5, 5.41) is 11.8. The SMILES string of the molecule is O=C1NCC(C(=O)O)(c2ccccc2Cl)O1. The average Bonchev–Trinajstić information content (AvgIpc) is 2.62. The molecule has 1 unspecified atom stereocenters. The average molecular weight is 242 g/mol. The Morgan fingerprint density at radius 3 is 2.69 bits per heavy atom. The van der Waals surface area contributed by atoms with Gasteiger partial charge in [-0.3, -0.25) is 0 Å². The van der Waals surface area contributed by atoms with E-state index in [9.17, 15) is 14.7 Å². The number of aliphatic carboxylic acids is 1. The molecule has 1 fully saturated rings. The minimum Gasteiger partial charge on any atom is -0.478 e. The van der Waals surface area contributed by atoms with E-state index < -0.39 is 17.7 Å². The first kappa shape index (κ1) is 10.8. The Hall–Kier alpha value is -1.75. The molecule has 0 aliphatic carbocycles. The second kappa shape index (κ2) is 3.68. The van der Waals surface area contributed by atoms with Crippen molar-refractivity contribution in [3.05, 3.63) is 34.9 Å². The van der Waals surface area contributed by atoms with Gasteiger partial charge in [-0.25, -0.2) is 9.59 Å². The van der Waals surface area contributed by atoms with Gasteiger partial charge in [0.1, 0.15) is 0 Å². The van der Waals surface area contributed by atoms with Gasteiger partial charge in [0, 0.05) is 10.6 Å². The van der Waals surface area contributed by atoms with E-state index in [1.807, 2.05) is 0 Å². The number of amides is 1. The molecule has 1 aliphatic heterocycles. The fraction of sp³-hybridized carbons (Fsp3) is 0.200. The third-order valence-corrected chi connectivity index (χ3v) is 2.73. The van der Waals surface area contributed by atoms with Crippen LogP contribution in [0.5, 0.6) is 0 Å². The second-order valence-corrected chi connectivity index (χ2v) is 3.76. The number of hydrogen-bond acceptors (Lipinski definition) is 3. The van der Waals surface area contributed by atoms with Crippen LogP contribution in [0.3, 0.4) is 0 Å². The molecule has 16 heavy (non-hydrogen) atoms. The number of cyclic esters (lactones) is 1. The normalized spacial score (nSPS) is 23.7. The first-order chi connectivity index (χ1) is 7.56. The molecule has 1 heterocycles. The third kappa shape index (κ3) is 1.49. The molecule has 0 saturated carbocycles. The van der Waals surface area contributed by atoms with Crippen LogP contribution in [-0.4, -0.2) is 23.7 Å². The predicted molar refractivity (Wildman–Crippen MR) is 55.2 cm³/mol. The molecule has 0 spiro atoms. The van der Waals surface area contributed by atoms with Crippen molar-refractivity contribution < 1.29 is 19.4 Å². The molecule has 1 aromatic rings. The number of halogens is 1. The van der Waals surface area contributed by atoms with Crippen molar-refractivity contribution >= 4 is 23.7 Å². The summed E-state index contributed by atoms with van der Waals surface area (Å²) in [6.45, 7) is -0.134. The van der Waals surface area contributed by atoms with E-state index in [1.54, 1.807) is 18.2 Å². The van der Waals surface area contributed by atoms with Gasteiger partial charge in [0.05, 0.1) is 6.54 Å². The number of carboxylic acids is 1. The molecule has 1 amide bonds. The predicted octanol–water partition coefficient (Wildman–Crippen LogP) is 1.36. The summed E-state index contributed by atoms with van der Waals surface area (Å²) in [6.07, 6.45) is -0.762. The van der Waals surface area contributed by atoms with Crippen LogP contribution in [-0.2, 0) is 15.1 Å². The maximum atomic E-state index is 11.2. The Morgan fingerprint density at radius 2 is 2.19 bits per heavy atom. The number of ether oxygens (including phenoxy) is 1. The molecular formula is C10H8ClNO4. The molecule has 0 bridgehead atoms. The van der Waals surface area contributed by atoms with Crippen LogP contribution in [0.25, 0.3) is 0 Å². The lowest BCUT2D eigenvalue weighted by Crippen LogP contribution is -2.39. The highest BCUT2D eigenvalue weighted by Crippen LogP contribution is 2.34. The highest BCUT2D eigenvalue weighted by atomic mass is 35.5. The molecule has 1 atom stereocenters. The molecule has 0 radical (unpaired) electrons. The highest BCUT2D eigenvalue weighted by Gasteiger charge is 2.50. The van der Waals surface area contributed by atoms with Gasteiger partial charge in [-0.2, -0.15) is 0 Å². The Kier molecular flexibility index (Phi) is 2.47. The molecule has 5 nitrogen and oxygen atoms in total. The summed E-state index contributed by atoms with van der Waals surface area (Å²) in [7, 11) is 0. The van der Waals surface area contributed by atoms with Crippen molar-refractivity contribution in [2.45, 2.75) is 5.60 Å². The fourth-order valence-corrected chi connectivity index (χ4v) is 1.89. The van der Waals surface area contributed by atoms with Gasteiger partial charge in [0.25, 0.3) is 5.60 Å². The van der Waals surface area contributed by atoms with E-state index in [0.29, 0.717) is 0 Å². The van der Waals surface area contributed by atoms with Crippen LogP contribution in [0.1, 0.15) is 5.56 Å². The maximum Gasteiger partial charge on any atom is 0.408 e. The van der Waals surface area contributed by atoms with Gasteiger partial charge < -0.3 is 15.2 Å². The molecule has 2 rings (SSSR count). The molecule has 0 aromatic heterocycles. The van der Waals surface area contributed by atoms with Crippen molar-refractivity contribution in [3.8, 4) is 0 Å². The first-order valence-electron chi connectivity index (χ1n) is 4.51. The fourth-order valence-electron chi connectivity index (χ4n) is 1.60. The first-order valence-corrected chi connectivity index (χ1v) is 4.89. The molecule has 2 N–H and O–H groups in total. The Labute approximate surface area is 96.0 Å². The van der Waals surface area contributed by atoms with Gasteiger partial charge in [0.15, 0.2) is 0 Å². The van der Waals surface area contributed by atoms with Crippen LogP contribution in [0.4, 0.5) is 4.79 Å². The molecule has 1 aromatic carbocycles. The van der Waals surface area contributed by atoms with E-state index in [4.69, 9.17) is 16.3 Å². The minimum absolute atomic E-state index is 0.134. The van der Waals surface area contributed by atoms with Crippen LogP contribution < -0.4 is 5.32 Å². The smallest absolute Gasteiger partial charge is 0.408 e. The summed E-state index contributed by atoms with van der Waals surface area (Å²) in [4.78, 5) is 22.3. The van der Waals surface area contributed by atoms with Gasteiger partial charge in [0.2, 0.25) is 0 Å². The Bertz CT molecular complexity index is 462. The van der Waals surface area contributed by atoms with Gasteiger partial charge >= 0.3 is 12.1 Å². The maximum absolute atomic E-state index is 11.2. The summed E-state index contributed by atoms with van der Waals surface area (Å²) in [5.41, 5.74) is -1.46. The van der Waals surface area contributed by atoms with Crippen LogP contribution in [0, 0.1) is 0 Å². The monoisotopic (exact) mass is 241 g/mol. The summed E-state index contributed by atoms with van der Waals surface area (Å²) < 4.78 is 4.84. The number of hydrogen-bond donors (Lipinski definition) is 2. The van der Waals surface area contributed by atoms with E-state index in [0.717, 1.165) is 0 Å². The van der Waals surface area contributed by atoms with Gasteiger partial charge in [-0.1, -0.05) is 29.8 Å². The Morgan fingerprint density at radius 1 is 1.50 bits per heavy atom. The van der Waals surface area contributed by atoms with Crippen molar-refractivity contribution in [3.63, 3.8) is 0 Å². The second-order valence-electron chi connectivity index (χ2n) is 3.36. The summed E-state index contributed by atoms with van der Waals surface area (Å²) in [5.74, 6) is -1.25. The van der Waals surface area contributed by atoms with E-state index in [1.165, 1.54) is 6.07 Å². The van der Waals surface area contributed by atoms with Crippen LogP contribution in [0.15, 0.2) is 24.3 Å². The Balaban J connectivity index is 2.53. The van der Waals surface area contributed by atoms with Crippen molar-refractivity contribution in [2.24, 2.45) is 0 Å². The molecule has 1 saturated heterocycles. The third-order valence-electron chi connectivity index (χ3n) is 2.40. The van der Waals surface area contributed by atoms with Gasteiger partial charge in [-0.05, 0) is 6.07 Å². The lowest BCUT2D eigenvalue weighted by atomic mass is 9.94. The molecule has 84 valence electrons. The van der Waals surface area contributed by atoms with E-state index >= 15 is 0 Å². The van der Waals surface area contributed by atoms with Crippen LogP contribution >= 0.6 is 11.6 Å². The zero-order valence-corrected chi connectivity index (χ0v) is 8.82. The van der Waals surface area contributed by atoms with Crippen molar-refractivity contribution in [2.75, 3.05) is 6.54 Å². The van der Waals surface area contributed by atoms with E-state index in [-0.39, 0.29) is 17.1 Å². The number of alkyl carbamates (subject to hydrolysis) is 1. The zero-order valence-electron chi connectivity index (χ0n) is 8.07. The quantitative estimate of drug-likeness (QED) is 0.820. The molecular weight excluding hydrogens is 234 g/mol. The van der Waals surface area contributed by atoms with Gasteiger partial charge in [-0.15, -0.1) is 0 Å². The highest BCUT2D eigenvalue weighted by molar-refractivity contribution is 6.31. The molecule has 6 heteroatoms. The topological polar surface area (TPSA) is 75.6 Å². The van der Waals surface area contributed by atoms with Crippen molar-refractivity contribution in [1.82, 2.24) is 5.32 Å². The largest absolute Gasteiger partial charge is 0.478 e. The standard InChI is InChI=1S/C10H8ClNO4/c11-7-4-2-1-3-6(7)10(8(13)14)5-12-9(15)16-10/h1-4H,5H2,(H,12,15)(H,13,14). The summed E-state index contributed by atoms with van der Waals surface area (Å²) in [6, 6.07) is 6.38.